The van der Waals surface area contributed by atoms with Gasteiger partial charge in [0.1, 0.15) is 29.3 Å². The number of hydroxylamine groups is 2. The van der Waals surface area contributed by atoms with E-state index in [1.165, 1.54) is 18.3 Å². The highest BCUT2D eigenvalue weighted by Crippen LogP contribution is 2.24. The summed E-state index contributed by atoms with van der Waals surface area (Å²) >= 11 is 0. The van der Waals surface area contributed by atoms with E-state index in [1.807, 2.05) is 0 Å². The van der Waals surface area contributed by atoms with Crippen LogP contribution >= 0.6 is 0 Å². The zero-order valence-electron chi connectivity index (χ0n) is 27.7. The molecule has 0 spiro atoms. The Morgan fingerprint density at radius 1 is 0.896 bits per heavy atom. The third-order valence-electron chi connectivity index (χ3n) is 6.31. The lowest BCUT2D eigenvalue weighted by atomic mass is 10.1. The van der Waals surface area contributed by atoms with E-state index in [-0.39, 0.29) is 23.6 Å². The van der Waals surface area contributed by atoms with Crippen LogP contribution in [0.15, 0.2) is 60.9 Å². The molecule has 254 valence electrons. The molecule has 48 heavy (non-hydrogen) atoms. The molecule has 14 nitrogen and oxygen atoms in total. The van der Waals surface area contributed by atoms with Gasteiger partial charge >= 0.3 is 6.09 Å². The Morgan fingerprint density at radius 2 is 1.52 bits per heavy atom. The Bertz CT molecular complexity index is 1610. The molecular weight excluding hydrogens is 638 g/mol. The first-order chi connectivity index (χ1) is 22.6. The Kier molecular flexibility index (Phi) is 11.4. The lowest BCUT2D eigenvalue weighted by Crippen LogP contribution is -2.43. The van der Waals surface area contributed by atoms with Gasteiger partial charge < -0.3 is 24.8 Å². The molecule has 1 aromatic heterocycles. The fourth-order valence-corrected chi connectivity index (χ4v) is 5.25. The number of imide groups is 1. The minimum absolute atomic E-state index is 0.191. The molecule has 0 bridgehead atoms. The molecule has 2 N–H and O–H groups in total. The third-order valence-corrected chi connectivity index (χ3v) is 7.24. The van der Waals surface area contributed by atoms with Gasteiger partial charge in [0, 0.05) is 24.8 Å². The number of alkyl carbamates (subject to hydrolysis) is 1. The number of nitrogens with one attached hydrogen (secondary N) is 2. The van der Waals surface area contributed by atoms with Crippen molar-refractivity contribution in [1.29, 1.82) is 0 Å². The fraction of sp³-hybridized carbons (Fsp3) is 0.394. The van der Waals surface area contributed by atoms with Crippen molar-refractivity contribution in [1.82, 2.24) is 20.2 Å². The molecule has 2 aromatic carbocycles. The number of nitrogens with zero attached hydrogens (tertiary/aromatic N) is 3. The first kappa shape index (κ1) is 35.8. The number of aryl methyl sites for hydroxylation is 1. The molecule has 1 aliphatic rings. The average Bonchev–Trinajstić information content (AvgIpc) is 3.54. The number of benzene rings is 2. The Morgan fingerprint density at radius 3 is 2.12 bits per heavy atom. The molecule has 0 fully saturated rings. The summed E-state index contributed by atoms with van der Waals surface area (Å²) in [7, 11) is -0.600. The zero-order chi connectivity index (χ0) is 35.1. The van der Waals surface area contributed by atoms with Crippen molar-refractivity contribution >= 4 is 44.6 Å². The largest absolute Gasteiger partial charge is 0.491 e. The van der Waals surface area contributed by atoms with E-state index in [0.29, 0.717) is 41.6 Å². The molecule has 0 saturated carbocycles. The number of anilines is 1. The first-order valence-corrected chi connectivity index (χ1v) is 16.3. The van der Waals surface area contributed by atoms with Gasteiger partial charge in [0.2, 0.25) is 9.52 Å². The molecule has 0 saturated heterocycles. The van der Waals surface area contributed by atoms with Crippen LogP contribution in [0.25, 0.3) is 0 Å². The summed E-state index contributed by atoms with van der Waals surface area (Å²) in [6.07, 6.45) is 3.33. The lowest BCUT2D eigenvalue weighted by Gasteiger charge is -2.24. The smallest absolute Gasteiger partial charge is 0.407 e. The van der Waals surface area contributed by atoms with Gasteiger partial charge in [-0.15, -0.1) is 5.06 Å². The minimum atomic E-state index is -1.02. The zero-order valence-corrected chi connectivity index (χ0v) is 28.7. The molecule has 2 radical (unpaired) electrons. The maximum Gasteiger partial charge on any atom is 0.407 e. The Balaban J connectivity index is 1.30. The van der Waals surface area contributed by atoms with Gasteiger partial charge in [-0.05, 0) is 84.4 Å². The van der Waals surface area contributed by atoms with Crippen LogP contribution in [-0.4, -0.2) is 83.9 Å². The molecule has 3 aromatic rings. The summed E-state index contributed by atoms with van der Waals surface area (Å²) in [6.45, 7) is 11.3. The maximum atomic E-state index is 12.8. The highest BCUT2D eigenvalue weighted by Gasteiger charge is 2.39. The van der Waals surface area contributed by atoms with Crippen molar-refractivity contribution in [3.63, 3.8) is 0 Å². The molecule has 0 unspecified atom stereocenters. The molecular formula is C33H39N5O9Si. The highest BCUT2D eigenvalue weighted by atomic mass is 28.2. The van der Waals surface area contributed by atoms with E-state index >= 15 is 0 Å². The van der Waals surface area contributed by atoms with Crippen LogP contribution < -0.4 is 15.4 Å². The number of fused-ring (bicyclic) bond motifs is 1. The topological polar surface area (TPSA) is 167 Å². The minimum Gasteiger partial charge on any atom is -0.491 e. The van der Waals surface area contributed by atoms with Crippen LogP contribution in [0.5, 0.6) is 5.75 Å². The van der Waals surface area contributed by atoms with Crippen molar-refractivity contribution in [2.24, 2.45) is 0 Å². The Hall–Kier alpha value is -5.02. The van der Waals surface area contributed by atoms with E-state index < -0.39 is 49.9 Å². The average molecular weight is 678 g/mol. The number of aromatic nitrogens is 2. The van der Waals surface area contributed by atoms with Crippen molar-refractivity contribution in [3.05, 3.63) is 77.6 Å². The number of carbonyl (C=O) groups is 5. The number of carbonyl (C=O) groups excluding carboxylic acids is 5. The number of rotatable bonds is 13. The standard InChI is InChI=1S/C33H39N5O9Si/c1-32(2,3)45-30(42)34-16-9-17-37-19-22(18-35-37)36-27(39)21-12-14-23(15-13-21)44-20-26(48-31(43)46-33(4,5)6)47-38-28(40)24-10-7-8-11-25(24)29(38)41/h7-8,10-15,18-19,26H,9,16-17,20H2,1-6H3,(H,34,42)(H,36,39)/t26-/m1/s1. The summed E-state index contributed by atoms with van der Waals surface area (Å²) < 4.78 is 18.1. The third kappa shape index (κ3) is 10.5. The van der Waals surface area contributed by atoms with Gasteiger partial charge in [0.05, 0.1) is 23.0 Å². The summed E-state index contributed by atoms with van der Waals surface area (Å²) in [5.41, 5.74) is -1.65. The van der Waals surface area contributed by atoms with Crippen LogP contribution in [-0.2, 0) is 20.9 Å². The van der Waals surface area contributed by atoms with E-state index in [0.717, 1.165) is 0 Å². The number of hydrogen-bond donors (Lipinski definition) is 2. The van der Waals surface area contributed by atoms with E-state index in [4.69, 9.17) is 19.0 Å². The van der Waals surface area contributed by atoms with Crippen molar-refractivity contribution in [3.8, 4) is 5.75 Å². The summed E-state index contributed by atoms with van der Waals surface area (Å²) in [5, 5.41) is 10.4. The predicted molar refractivity (Wildman–Crippen MR) is 175 cm³/mol. The van der Waals surface area contributed by atoms with Gasteiger partial charge in [-0.2, -0.15) is 5.10 Å². The van der Waals surface area contributed by atoms with E-state index in [2.05, 4.69) is 15.7 Å². The van der Waals surface area contributed by atoms with Gasteiger partial charge in [-0.3, -0.25) is 28.7 Å². The molecule has 4 amide bonds. The van der Waals surface area contributed by atoms with Gasteiger partial charge in [-0.1, -0.05) is 12.1 Å². The summed E-state index contributed by atoms with van der Waals surface area (Å²) in [5.74, 6) is -1.27. The van der Waals surface area contributed by atoms with Gasteiger partial charge in [0.15, 0.2) is 0 Å². The number of hydrogen-bond acceptors (Lipinski definition) is 10. The van der Waals surface area contributed by atoms with Crippen molar-refractivity contribution in [2.45, 2.75) is 71.4 Å². The molecule has 2 heterocycles. The number of amides is 4. The second kappa shape index (κ2) is 15.3. The monoisotopic (exact) mass is 677 g/mol. The number of ether oxygens (including phenoxy) is 3. The molecule has 4 rings (SSSR count). The van der Waals surface area contributed by atoms with Crippen molar-refractivity contribution in [2.75, 3.05) is 18.5 Å². The second-order valence-corrected chi connectivity index (χ2v) is 14.1. The van der Waals surface area contributed by atoms with Crippen LogP contribution in [0.2, 0.25) is 0 Å². The molecule has 0 aliphatic carbocycles. The van der Waals surface area contributed by atoms with Gasteiger partial charge in [-0.25, -0.2) is 4.79 Å². The normalized spacial score (nSPS) is 13.5. The first-order valence-electron chi connectivity index (χ1n) is 15.3. The molecule has 1 atom stereocenters. The summed E-state index contributed by atoms with van der Waals surface area (Å²) in [4.78, 5) is 68.7. The van der Waals surface area contributed by atoms with Crippen LogP contribution in [0.1, 0.15) is 79.0 Å². The SMILES string of the molecule is CC(C)(C)OC(=O)NCCCn1cc(NC(=O)c2ccc(OC[C@H](ON3C(=O)c4ccccc4C3=O)[Si]C(=O)OC(C)(C)C)cc2)cn1. The fourth-order valence-electron chi connectivity index (χ4n) is 4.30. The quantitative estimate of drug-likeness (QED) is 0.148. The van der Waals surface area contributed by atoms with Crippen molar-refractivity contribution < 1.29 is 43.0 Å². The Labute approximate surface area is 280 Å². The van der Waals surface area contributed by atoms with E-state index in [9.17, 15) is 24.0 Å². The summed E-state index contributed by atoms with van der Waals surface area (Å²) in [6, 6.07) is 12.6. The molecule has 1 aliphatic heterocycles. The maximum absolute atomic E-state index is 12.8. The highest BCUT2D eigenvalue weighted by molar-refractivity contribution is 6.73. The molecule has 15 heteroatoms. The van der Waals surface area contributed by atoms with Crippen LogP contribution in [0, 0.1) is 0 Å². The van der Waals surface area contributed by atoms with Crippen LogP contribution in [0.3, 0.4) is 0 Å². The van der Waals surface area contributed by atoms with Crippen LogP contribution in [0.4, 0.5) is 15.3 Å². The lowest BCUT2D eigenvalue weighted by molar-refractivity contribution is -0.115. The second-order valence-electron chi connectivity index (χ2n) is 12.8. The predicted octanol–water partition coefficient (Wildman–Crippen LogP) is 4.62. The van der Waals surface area contributed by atoms with E-state index in [1.54, 1.807) is 88.8 Å². The van der Waals surface area contributed by atoms with Gasteiger partial charge in [0.25, 0.3) is 23.3 Å².